The van der Waals surface area contributed by atoms with E-state index >= 15 is 0 Å². The molecule has 0 bridgehead atoms. The van der Waals surface area contributed by atoms with Gasteiger partial charge in [0.1, 0.15) is 5.82 Å². The normalized spacial score (nSPS) is 12.5. The molecule has 0 saturated heterocycles. The molecule has 0 N–H and O–H groups in total. The fourth-order valence-electron chi connectivity index (χ4n) is 1.58. The maximum Gasteiger partial charge on any atom is 0.129 e. The zero-order chi connectivity index (χ0) is 14.2. The zero-order valence-electron chi connectivity index (χ0n) is 9.23. The molecule has 1 atom stereocenters. The highest BCUT2D eigenvalue weighted by atomic mass is 79.9. The predicted octanol–water partition coefficient (Wildman–Crippen LogP) is 7.03. The topological polar surface area (TPSA) is 0 Å². The number of halogens is 6. The van der Waals surface area contributed by atoms with Gasteiger partial charge < -0.3 is 0 Å². The summed E-state index contributed by atoms with van der Waals surface area (Å²) in [5.41, 5.74) is 1.23. The van der Waals surface area contributed by atoms with Gasteiger partial charge in [0.2, 0.25) is 0 Å². The van der Waals surface area contributed by atoms with Gasteiger partial charge in [0.15, 0.2) is 0 Å². The first-order valence-electron chi connectivity index (χ1n) is 5.13. The van der Waals surface area contributed by atoms with Gasteiger partial charge in [0, 0.05) is 10.0 Å². The van der Waals surface area contributed by atoms with Crippen molar-refractivity contribution in [2.75, 3.05) is 0 Å². The molecular formula is C13H6Br2Cl3F. The Morgan fingerprint density at radius 2 is 1.63 bits per heavy atom. The van der Waals surface area contributed by atoms with Crippen molar-refractivity contribution < 1.29 is 4.39 Å². The largest absolute Gasteiger partial charge is 0.207 e. The smallest absolute Gasteiger partial charge is 0.129 e. The standard InChI is InChI=1S/C13H6Br2Cl3F/c14-8-5-12(19)7(4-10(8)17)13(15)6-1-2-9(16)11(18)3-6/h1-5,13H. The van der Waals surface area contributed by atoms with Gasteiger partial charge >= 0.3 is 0 Å². The second-order valence-electron chi connectivity index (χ2n) is 3.82. The number of benzene rings is 2. The lowest BCUT2D eigenvalue weighted by atomic mass is 10.0. The average molecular weight is 447 g/mol. The monoisotopic (exact) mass is 444 g/mol. The summed E-state index contributed by atoms with van der Waals surface area (Å²) >= 11 is 24.4. The first-order chi connectivity index (χ1) is 8.90. The van der Waals surface area contributed by atoms with Crippen molar-refractivity contribution in [3.63, 3.8) is 0 Å². The minimum absolute atomic E-state index is 0.354. The zero-order valence-corrected chi connectivity index (χ0v) is 14.7. The van der Waals surface area contributed by atoms with Crippen LogP contribution in [0.4, 0.5) is 4.39 Å². The van der Waals surface area contributed by atoms with Gasteiger partial charge in [-0.3, -0.25) is 0 Å². The summed E-state index contributed by atoms with van der Waals surface area (Å²) in [4.78, 5) is -0.354. The Morgan fingerprint density at radius 3 is 2.26 bits per heavy atom. The SMILES string of the molecule is Fc1cc(Br)c(Cl)cc1C(Br)c1ccc(Cl)c(Cl)c1. The van der Waals surface area contributed by atoms with Gasteiger partial charge in [0.25, 0.3) is 0 Å². The van der Waals surface area contributed by atoms with Crippen LogP contribution in [0.25, 0.3) is 0 Å². The van der Waals surface area contributed by atoms with E-state index in [0.29, 0.717) is 25.1 Å². The lowest BCUT2D eigenvalue weighted by Crippen LogP contribution is -1.97. The van der Waals surface area contributed by atoms with E-state index in [4.69, 9.17) is 34.8 Å². The van der Waals surface area contributed by atoms with E-state index in [2.05, 4.69) is 31.9 Å². The third-order valence-electron chi connectivity index (χ3n) is 2.55. The van der Waals surface area contributed by atoms with E-state index in [1.54, 1.807) is 24.3 Å². The Bertz CT molecular complexity index is 632. The second-order valence-corrected chi connectivity index (χ2v) is 6.82. The van der Waals surface area contributed by atoms with Crippen LogP contribution in [0.3, 0.4) is 0 Å². The summed E-state index contributed by atoms with van der Waals surface area (Å²) in [6, 6.07) is 8.06. The molecular weight excluding hydrogens is 441 g/mol. The molecule has 0 aliphatic carbocycles. The van der Waals surface area contributed by atoms with Gasteiger partial charge in [-0.15, -0.1) is 0 Å². The van der Waals surface area contributed by atoms with Crippen LogP contribution in [-0.4, -0.2) is 0 Å². The van der Waals surface area contributed by atoms with Gasteiger partial charge in [-0.1, -0.05) is 56.8 Å². The maximum atomic E-state index is 14.0. The Balaban J connectivity index is 2.46. The molecule has 0 fully saturated rings. The van der Waals surface area contributed by atoms with E-state index < -0.39 is 0 Å². The van der Waals surface area contributed by atoms with Gasteiger partial charge in [0.05, 0.1) is 19.9 Å². The third kappa shape index (κ3) is 3.45. The molecule has 2 aromatic carbocycles. The van der Waals surface area contributed by atoms with Crippen LogP contribution in [0, 0.1) is 5.82 Å². The molecule has 0 aromatic heterocycles. The Kier molecular flexibility index (Phi) is 5.18. The summed E-state index contributed by atoms with van der Waals surface area (Å²) in [5.74, 6) is -0.357. The molecule has 0 aliphatic heterocycles. The molecule has 0 heterocycles. The van der Waals surface area contributed by atoms with Crippen LogP contribution in [0.2, 0.25) is 15.1 Å². The molecule has 6 heteroatoms. The lowest BCUT2D eigenvalue weighted by molar-refractivity contribution is 0.612. The van der Waals surface area contributed by atoms with Crippen LogP contribution in [-0.2, 0) is 0 Å². The summed E-state index contributed by atoms with van der Waals surface area (Å²) < 4.78 is 14.5. The maximum absolute atomic E-state index is 14.0. The first-order valence-corrected chi connectivity index (χ1v) is 7.98. The van der Waals surface area contributed by atoms with E-state index in [0.717, 1.165) is 5.56 Å². The summed E-state index contributed by atoms with van der Waals surface area (Å²) in [6.45, 7) is 0. The molecule has 0 amide bonds. The number of hydrogen-bond donors (Lipinski definition) is 0. The molecule has 0 nitrogen and oxygen atoms in total. The third-order valence-corrected chi connectivity index (χ3v) is 5.51. The molecule has 19 heavy (non-hydrogen) atoms. The van der Waals surface area contributed by atoms with Crippen molar-refractivity contribution in [1.29, 1.82) is 0 Å². The van der Waals surface area contributed by atoms with Crippen molar-refractivity contribution in [1.82, 2.24) is 0 Å². The van der Waals surface area contributed by atoms with E-state index in [-0.39, 0.29) is 10.6 Å². The summed E-state index contributed by atoms with van der Waals surface area (Å²) in [7, 11) is 0. The van der Waals surface area contributed by atoms with Crippen molar-refractivity contribution >= 4 is 66.7 Å². The van der Waals surface area contributed by atoms with Crippen LogP contribution in [0.5, 0.6) is 0 Å². The molecule has 2 aromatic rings. The molecule has 0 saturated carbocycles. The van der Waals surface area contributed by atoms with Crippen molar-refractivity contribution in [2.24, 2.45) is 0 Å². The van der Waals surface area contributed by atoms with E-state index in [9.17, 15) is 4.39 Å². The minimum Gasteiger partial charge on any atom is -0.207 e. The van der Waals surface area contributed by atoms with Crippen LogP contribution in [0.15, 0.2) is 34.8 Å². The fraction of sp³-hybridized carbons (Fsp3) is 0.0769. The second kappa shape index (κ2) is 6.31. The highest BCUT2D eigenvalue weighted by Gasteiger charge is 2.17. The Labute approximate surface area is 142 Å². The van der Waals surface area contributed by atoms with Gasteiger partial charge in [-0.2, -0.15) is 0 Å². The highest BCUT2D eigenvalue weighted by Crippen LogP contribution is 2.38. The average Bonchev–Trinajstić information content (AvgIpc) is 2.36. The van der Waals surface area contributed by atoms with Crippen LogP contribution >= 0.6 is 66.7 Å². The van der Waals surface area contributed by atoms with E-state index in [1.165, 1.54) is 6.07 Å². The van der Waals surface area contributed by atoms with E-state index in [1.807, 2.05) is 0 Å². The van der Waals surface area contributed by atoms with Crippen molar-refractivity contribution in [3.05, 3.63) is 66.8 Å². The first kappa shape index (κ1) is 15.6. The molecule has 100 valence electrons. The lowest BCUT2D eigenvalue weighted by Gasteiger charge is -2.13. The number of hydrogen-bond acceptors (Lipinski definition) is 0. The Hall–Kier alpha value is 0.200. The van der Waals surface area contributed by atoms with Crippen molar-refractivity contribution in [3.8, 4) is 0 Å². The molecule has 0 aliphatic rings. The predicted molar refractivity (Wildman–Crippen MR) is 86.3 cm³/mol. The van der Waals surface area contributed by atoms with Crippen LogP contribution < -0.4 is 0 Å². The molecule has 0 radical (unpaired) electrons. The van der Waals surface area contributed by atoms with Gasteiger partial charge in [-0.05, 0) is 45.8 Å². The summed E-state index contributed by atoms with van der Waals surface area (Å²) in [5, 5.41) is 1.33. The van der Waals surface area contributed by atoms with Crippen molar-refractivity contribution in [2.45, 2.75) is 4.83 Å². The fourth-order valence-corrected chi connectivity index (χ4v) is 3.01. The molecule has 2 rings (SSSR count). The van der Waals surface area contributed by atoms with Gasteiger partial charge in [-0.25, -0.2) is 4.39 Å². The highest BCUT2D eigenvalue weighted by molar-refractivity contribution is 9.10. The number of rotatable bonds is 2. The Morgan fingerprint density at radius 1 is 0.947 bits per heavy atom. The minimum atomic E-state index is -0.357. The van der Waals surface area contributed by atoms with Crippen LogP contribution in [0.1, 0.15) is 16.0 Å². The number of alkyl halides is 1. The molecule has 1 unspecified atom stereocenters. The quantitative estimate of drug-likeness (QED) is 0.342. The summed E-state index contributed by atoms with van der Waals surface area (Å²) in [6.07, 6.45) is 0. The molecule has 0 spiro atoms.